The molecule has 144 valence electrons. The fourth-order valence-electron chi connectivity index (χ4n) is 3.86. The topological polar surface area (TPSA) is 54.0 Å². The van der Waals surface area contributed by atoms with E-state index >= 15 is 0 Å². The first kappa shape index (κ1) is 18.8. The number of ether oxygens (including phenoxy) is 2. The molecule has 1 fully saturated rings. The summed E-state index contributed by atoms with van der Waals surface area (Å²) >= 11 is 0. The molecule has 1 atom stereocenters. The standard InChI is InChI=1S/C20H31N3O3/c1-3-10-22-11-5-8-17(15-22)21-20(24)23-12-6-13-26-19-16(14-23)7-4-9-18(19)25-2/h4,7,9,17H,3,5-6,8,10-15H2,1-2H3,(H,21,24)/t17-/m1/s1. The number of amides is 2. The minimum Gasteiger partial charge on any atom is -0.493 e. The molecule has 0 unspecified atom stereocenters. The van der Waals surface area contributed by atoms with Gasteiger partial charge in [-0.3, -0.25) is 0 Å². The van der Waals surface area contributed by atoms with Gasteiger partial charge in [0.25, 0.3) is 0 Å². The molecule has 26 heavy (non-hydrogen) atoms. The summed E-state index contributed by atoms with van der Waals surface area (Å²) in [4.78, 5) is 17.2. The van der Waals surface area contributed by atoms with E-state index in [1.807, 2.05) is 23.1 Å². The number of rotatable bonds is 4. The van der Waals surface area contributed by atoms with Crippen molar-refractivity contribution in [3.63, 3.8) is 0 Å². The van der Waals surface area contributed by atoms with Gasteiger partial charge in [0.05, 0.1) is 20.3 Å². The maximum absolute atomic E-state index is 12.9. The van der Waals surface area contributed by atoms with Crippen LogP contribution in [-0.4, -0.2) is 61.8 Å². The van der Waals surface area contributed by atoms with Gasteiger partial charge in [0, 0.05) is 24.7 Å². The Kier molecular flexibility index (Phi) is 6.61. The Labute approximate surface area is 156 Å². The Morgan fingerprint density at radius 1 is 1.35 bits per heavy atom. The van der Waals surface area contributed by atoms with Crippen LogP contribution in [0.25, 0.3) is 0 Å². The van der Waals surface area contributed by atoms with E-state index in [9.17, 15) is 4.79 Å². The van der Waals surface area contributed by atoms with Gasteiger partial charge in [-0.15, -0.1) is 0 Å². The van der Waals surface area contributed by atoms with Crippen LogP contribution in [-0.2, 0) is 6.54 Å². The van der Waals surface area contributed by atoms with E-state index in [-0.39, 0.29) is 12.1 Å². The van der Waals surface area contributed by atoms with Crippen molar-refractivity contribution in [1.82, 2.24) is 15.1 Å². The van der Waals surface area contributed by atoms with Gasteiger partial charge < -0.3 is 24.6 Å². The molecule has 0 radical (unpaired) electrons. The molecule has 2 amide bonds. The van der Waals surface area contributed by atoms with Crippen LogP contribution in [0.2, 0.25) is 0 Å². The van der Waals surface area contributed by atoms with Crippen LogP contribution in [0.5, 0.6) is 11.5 Å². The van der Waals surface area contributed by atoms with Crippen LogP contribution in [0.15, 0.2) is 18.2 Å². The summed E-state index contributed by atoms with van der Waals surface area (Å²) in [5, 5.41) is 3.26. The van der Waals surface area contributed by atoms with Crippen molar-refractivity contribution >= 4 is 6.03 Å². The molecule has 0 saturated carbocycles. The molecular weight excluding hydrogens is 330 g/mol. The van der Waals surface area contributed by atoms with Crippen molar-refractivity contribution in [1.29, 1.82) is 0 Å². The van der Waals surface area contributed by atoms with Gasteiger partial charge in [-0.2, -0.15) is 0 Å². The Morgan fingerprint density at radius 3 is 3.04 bits per heavy atom. The fraction of sp³-hybridized carbons (Fsp3) is 0.650. The summed E-state index contributed by atoms with van der Waals surface area (Å²) in [5.74, 6) is 1.49. The Bertz CT molecular complexity index is 606. The summed E-state index contributed by atoms with van der Waals surface area (Å²) < 4.78 is 11.3. The SMILES string of the molecule is CCCN1CCC[C@@H](NC(=O)N2CCCOc3c(cccc3OC)C2)C1. The van der Waals surface area contributed by atoms with Crippen LogP contribution in [0.1, 0.15) is 38.2 Å². The molecule has 2 heterocycles. The number of benzene rings is 1. The van der Waals surface area contributed by atoms with Gasteiger partial charge in [-0.25, -0.2) is 4.79 Å². The zero-order valence-electron chi connectivity index (χ0n) is 16.0. The summed E-state index contributed by atoms with van der Waals surface area (Å²) in [5.41, 5.74) is 0.996. The second-order valence-corrected chi connectivity index (χ2v) is 7.16. The van der Waals surface area contributed by atoms with Gasteiger partial charge in [-0.1, -0.05) is 19.1 Å². The van der Waals surface area contributed by atoms with Crippen LogP contribution >= 0.6 is 0 Å². The van der Waals surface area contributed by atoms with Crippen molar-refractivity contribution in [2.45, 2.75) is 45.2 Å². The van der Waals surface area contributed by atoms with E-state index in [1.165, 1.54) is 0 Å². The van der Waals surface area contributed by atoms with Crippen LogP contribution in [0, 0.1) is 0 Å². The van der Waals surface area contributed by atoms with Gasteiger partial charge in [-0.05, 0) is 44.8 Å². The number of hydrogen-bond donors (Lipinski definition) is 1. The predicted octanol–water partition coefficient (Wildman–Crippen LogP) is 2.86. The molecule has 1 N–H and O–H groups in total. The molecular formula is C20H31N3O3. The smallest absolute Gasteiger partial charge is 0.317 e. The van der Waals surface area contributed by atoms with Gasteiger partial charge >= 0.3 is 6.03 Å². The number of piperidine rings is 1. The Morgan fingerprint density at radius 2 is 2.23 bits per heavy atom. The highest BCUT2D eigenvalue weighted by atomic mass is 16.5. The molecule has 1 aromatic rings. The number of nitrogens with one attached hydrogen (secondary N) is 1. The maximum atomic E-state index is 12.9. The first-order chi connectivity index (χ1) is 12.7. The molecule has 0 aromatic heterocycles. The van der Waals surface area contributed by atoms with Gasteiger partial charge in [0.1, 0.15) is 0 Å². The monoisotopic (exact) mass is 361 g/mol. The third kappa shape index (κ3) is 4.61. The second-order valence-electron chi connectivity index (χ2n) is 7.16. The largest absolute Gasteiger partial charge is 0.493 e. The van der Waals surface area contributed by atoms with E-state index in [0.29, 0.717) is 19.7 Å². The lowest BCUT2D eigenvalue weighted by atomic mass is 10.1. The maximum Gasteiger partial charge on any atom is 0.317 e. The third-order valence-electron chi connectivity index (χ3n) is 5.12. The molecule has 2 aliphatic rings. The number of carbonyl (C=O) groups excluding carboxylic acids is 1. The summed E-state index contributed by atoms with van der Waals surface area (Å²) in [6.45, 7) is 7.26. The number of likely N-dealkylation sites (tertiary alicyclic amines) is 1. The number of para-hydroxylation sites is 1. The van der Waals surface area contributed by atoms with E-state index < -0.39 is 0 Å². The molecule has 1 aromatic carbocycles. The predicted molar refractivity (Wildman–Crippen MR) is 102 cm³/mol. The molecule has 0 aliphatic carbocycles. The number of hydrogen-bond acceptors (Lipinski definition) is 4. The number of methoxy groups -OCH3 is 1. The molecule has 0 spiro atoms. The third-order valence-corrected chi connectivity index (χ3v) is 5.12. The molecule has 6 heteroatoms. The van der Waals surface area contributed by atoms with Crippen LogP contribution < -0.4 is 14.8 Å². The van der Waals surface area contributed by atoms with Crippen molar-refractivity contribution in [3.05, 3.63) is 23.8 Å². The molecule has 2 aliphatic heterocycles. The summed E-state index contributed by atoms with van der Waals surface area (Å²) in [6.07, 6.45) is 4.19. The second kappa shape index (κ2) is 9.12. The highest BCUT2D eigenvalue weighted by Crippen LogP contribution is 2.33. The number of urea groups is 1. The lowest BCUT2D eigenvalue weighted by Crippen LogP contribution is -2.51. The van der Waals surface area contributed by atoms with E-state index in [4.69, 9.17) is 9.47 Å². The van der Waals surface area contributed by atoms with Crippen molar-refractivity contribution in [2.75, 3.05) is 39.9 Å². The summed E-state index contributed by atoms with van der Waals surface area (Å²) in [7, 11) is 1.65. The van der Waals surface area contributed by atoms with Crippen molar-refractivity contribution in [2.24, 2.45) is 0 Å². The quantitative estimate of drug-likeness (QED) is 0.896. The normalized spacial score (nSPS) is 21.2. The van der Waals surface area contributed by atoms with E-state index in [0.717, 1.165) is 62.4 Å². The average Bonchev–Trinajstić information content (AvgIpc) is 2.62. The molecule has 1 saturated heterocycles. The first-order valence-corrected chi connectivity index (χ1v) is 9.77. The van der Waals surface area contributed by atoms with Gasteiger partial charge in [0.2, 0.25) is 0 Å². The van der Waals surface area contributed by atoms with Gasteiger partial charge in [0.15, 0.2) is 11.5 Å². The minimum atomic E-state index is 0.0315. The number of carbonyl (C=O) groups is 1. The zero-order chi connectivity index (χ0) is 18.4. The zero-order valence-corrected chi connectivity index (χ0v) is 16.0. The molecule has 6 nitrogen and oxygen atoms in total. The van der Waals surface area contributed by atoms with E-state index in [1.54, 1.807) is 7.11 Å². The Balaban J connectivity index is 1.65. The van der Waals surface area contributed by atoms with Crippen molar-refractivity contribution < 1.29 is 14.3 Å². The van der Waals surface area contributed by atoms with Crippen LogP contribution in [0.4, 0.5) is 4.79 Å². The minimum absolute atomic E-state index is 0.0315. The van der Waals surface area contributed by atoms with E-state index in [2.05, 4.69) is 17.1 Å². The highest BCUT2D eigenvalue weighted by molar-refractivity contribution is 5.74. The van der Waals surface area contributed by atoms with Crippen molar-refractivity contribution in [3.8, 4) is 11.5 Å². The number of fused-ring (bicyclic) bond motifs is 1. The number of nitrogens with zero attached hydrogens (tertiary/aromatic N) is 2. The fourth-order valence-corrected chi connectivity index (χ4v) is 3.86. The highest BCUT2D eigenvalue weighted by Gasteiger charge is 2.25. The first-order valence-electron chi connectivity index (χ1n) is 9.77. The Hall–Kier alpha value is -1.95. The lowest BCUT2D eigenvalue weighted by molar-refractivity contribution is 0.158. The lowest BCUT2D eigenvalue weighted by Gasteiger charge is -2.35. The summed E-state index contributed by atoms with van der Waals surface area (Å²) in [6, 6.07) is 6.13. The molecule has 0 bridgehead atoms. The van der Waals surface area contributed by atoms with Crippen LogP contribution in [0.3, 0.4) is 0 Å². The molecule has 3 rings (SSSR count). The average molecular weight is 361 g/mol.